The monoisotopic (exact) mass is 227 g/mol. The van der Waals surface area contributed by atoms with Crippen LogP contribution in [0.25, 0.3) is 10.8 Å². The molecular formula is C14H13NO2. The minimum Gasteiger partial charge on any atom is -0.465 e. The van der Waals surface area contributed by atoms with Gasteiger partial charge in [0.2, 0.25) is 0 Å². The summed E-state index contributed by atoms with van der Waals surface area (Å²) >= 11 is 0. The molecule has 17 heavy (non-hydrogen) atoms. The van der Waals surface area contributed by atoms with Crippen LogP contribution in [0.2, 0.25) is 0 Å². The first kappa shape index (κ1) is 11.3. The van der Waals surface area contributed by atoms with Crippen molar-refractivity contribution < 1.29 is 9.53 Å². The van der Waals surface area contributed by atoms with E-state index in [2.05, 4.69) is 11.6 Å². The van der Waals surface area contributed by atoms with E-state index >= 15 is 0 Å². The summed E-state index contributed by atoms with van der Waals surface area (Å²) < 4.78 is 4.77. The first-order chi connectivity index (χ1) is 8.27. The van der Waals surface area contributed by atoms with Gasteiger partial charge in [0.1, 0.15) is 0 Å². The van der Waals surface area contributed by atoms with E-state index in [-0.39, 0.29) is 5.97 Å². The lowest BCUT2D eigenvalue weighted by Gasteiger charge is -2.08. The molecule has 0 amide bonds. The van der Waals surface area contributed by atoms with Gasteiger partial charge in [0.15, 0.2) is 0 Å². The minimum absolute atomic E-state index is 0.361. The van der Waals surface area contributed by atoms with Crippen molar-refractivity contribution in [3.05, 3.63) is 54.4 Å². The normalized spacial score (nSPS) is 10.2. The second-order valence-corrected chi connectivity index (χ2v) is 3.69. The van der Waals surface area contributed by atoms with Gasteiger partial charge in [0, 0.05) is 23.2 Å². The van der Waals surface area contributed by atoms with Crippen molar-refractivity contribution in [2.75, 3.05) is 7.11 Å². The number of nitrogens with zero attached hydrogens (tertiary/aromatic N) is 1. The van der Waals surface area contributed by atoms with Crippen molar-refractivity contribution in [1.29, 1.82) is 0 Å². The van der Waals surface area contributed by atoms with Gasteiger partial charge in [-0.25, -0.2) is 4.79 Å². The molecule has 1 aromatic carbocycles. The third-order valence-electron chi connectivity index (χ3n) is 2.64. The summed E-state index contributed by atoms with van der Waals surface area (Å²) in [6, 6.07) is 5.86. The zero-order valence-corrected chi connectivity index (χ0v) is 9.64. The molecule has 0 aliphatic carbocycles. The van der Waals surface area contributed by atoms with Crippen LogP contribution < -0.4 is 0 Å². The van der Waals surface area contributed by atoms with Gasteiger partial charge < -0.3 is 4.74 Å². The average Bonchev–Trinajstić information content (AvgIpc) is 2.38. The van der Waals surface area contributed by atoms with Crippen LogP contribution in [0.3, 0.4) is 0 Å². The number of pyridine rings is 1. The van der Waals surface area contributed by atoms with Gasteiger partial charge in [-0.3, -0.25) is 4.98 Å². The van der Waals surface area contributed by atoms with Gasteiger partial charge in [0.25, 0.3) is 0 Å². The highest BCUT2D eigenvalue weighted by atomic mass is 16.5. The fourth-order valence-corrected chi connectivity index (χ4v) is 1.90. The Bertz CT molecular complexity index is 570. The van der Waals surface area contributed by atoms with Gasteiger partial charge in [-0.1, -0.05) is 24.3 Å². The maximum absolute atomic E-state index is 11.7. The molecule has 0 spiro atoms. The van der Waals surface area contributed by atoms with Crippen LogP contribution in [0.15, 0.2) is 43.2 Å². The molecule has 0 unspecified atom stereocenters. The zero-order valence-electron chi connectivity index (χ0n) is 9.64. The Kier molecular flexibility index (Phi) is 3.19. The largest absolute Gasteiger partial charge is 0.465 e. The van der Waals surface area contributed by atoms with E-state index in [1.165, 1.54) is 7.11 Å². The molecule has 3 heteroatoms. The molecule has 0 aliphatic heterocycles. The molecule has 0 N–H and O–H groups in total. The van der Waals surface area contributed by atoms with E-state index in [4.69, 9.17) is 4.74 Å². The zero-order chi connectivity index (χ0) is 12.3. The van der Waals surface area contributed by atoms with E-state index < -0.39 is 0 Å². The number of ether oxygens (including phenoxy) is 1. The van der Waals surface area contributed by atoms with E-state index in [1.54, 1.807) is 12.4 Å². The van der Waals surface area contributed by atoms with Crippen molar-refractivity contribution in [2.24, 2.45) is 0 Å². The predicted octanol–water partition coefficient (Wildman–Crippen LogP) is 2.75. The topological polar surface area (TPSA) is 39.2 Å². The molecular weight excluding hydrogens is 214 g/mol. The van der Waals surface area contributed by atoms with Gasteiger partial charge in [-0.15, -0.1) is 6.58 Å². The highest BCUT2D eigenvalue weighted by Crippen LogP contribution is 2.23. The Labute approximate surface area is 99.7 Å². The van der Waals surface area contributed by atoms with Gasteiger partial charge in [-0.2, -0.15) is 0 Å². The predicted molar refractivity (Wildman–Crippen MR) is 67.0 cm³/mol. The maximum Gasteiger partial charge on any atom is 0.340 e. The third-order valence-corrected chi connectivity index (χ3v) is 2.64. The van der Waals surface area contributed by atoms with E-state index in [1.807, 2.05) is 24.3 Å². The summed E-state index contributed by atoms with van der Waals surface area (Å²) in [5.74, 6) is -0.361. The number of hydrogen-bond donors (Lipinski definition) is 0. The number of allylic oxidation sites excluding steroid dienone is 1. The lowest BCUT2D eigenvalue weighted by Crippen LogP contribution is -2.04. The number of aromatic nitrogens is 1. The number of hydrogen-bond acceptors (Lipinski definition) is 3. The first-order valence-electron chi connectivity index (χ1n) is 5.32. The Morgan fingerprint density at radius 1 is 1.47 bits per heavy atom. The Morgan fingerprint density at radius 3 is 3.00 bits per heavy atom. The minimum atomic E-state index is -0.361. The summed E-state index contributed by atoms with van der Waals surface area (Å²) in [4.78, 5) is 15.8. The Balaban J connectivity index is 2.75. The summed E-state index contributed by atoms with van der Waals surface area (Å²) in [7, 11) is 1.37. The van der Waals surface area contributed by atoms with Crippen LogP contribution in [-0.2, 0) is 11.2 Å². The van der Waals surface area contributed by atoms with Crippen LogP contribution in [0.1, 0.15) is 15.9 Å². The second-order valence-electron chi connectivity index (χ2n) is 3.69. The summed E-state index contributed by atoms with van der Waals surface area (Å²) in [6.07, 6.45) is 5.82. The van der Waals surface area contributed by atoms with Crippen molar-refractivity contribution in [3.63, 3.8) is 0 Å². The summed E-state index contributed by atoms with van der Waals surface area (Å²) in [5, 5.41) is 1.83. The number of carbonyl (C=O) groups excluding carboxylic acids is 1. The van der Waals surface area contributed by atoms with E-state index in [0.717, 1.165) is 16.3 Å². The van der Waals surface area contributed by atoms with E-state index in [9.17, 15) is 4.79 Å². The third kappa shape index (κ3) is 2.04. The van der Waals surface area contributed by atoms with Crippen LogP contribution >= 0.6 is 0 Å². The van der Waals surface area contributed by atoms with Gasteiger partial charge in [0.05, 0.1) is 12.7 Å². The van der Waals surface area contributed by atoms with Crippen LogP contribution in [0.5, 0.6) is 0 Å². The van der Waals surface area contributed by atoms with Gasteiger partial charge in [-0.05, 0) is 12.0 Å². The summed E-state index contributed by atoms with van der Waals surface area (Å²) in [6.45, 7) is 3.73. The molecule has 2 rings (SSSR count). The molecule has 1 aromatic heterocycles. The number of fused-ring (bicyclic) bond motifs is 1. The fraction of sp³-hybridized carbons (Fsp3) is 0.143. The lowest BCUT2D eigenvalue weighted by atomic mass is 10.00. The highest BCUT2D eigenvalue weighted by Gasteiger charge is 2.13. The molecule has 0 bridgehead atoms. The molecule has 0 fully saturated rings. The summed E-state index contributed by atoms with van der Waals surface area (Å²) in [5.41, 5.74) is 1.56. The van der Waals surface area contributed by atoms with Crippen LogP contribution in [-0.4, -0.2) is 18.1 Å². The molecule has 86 valence electrons. The molecule has 0 saturated heterocycles. The highest BCUT2D eigenvalue weighted by molar-refractivity contribution is 6.05. The molecule has 0 radical (unpaired) electrons. The molecule has 0 atom stereocenters. The number of esters is 1. The van der Waals surface area contributed by atoms with Crippen molar-refractivity contribution in [3.8, 4) is 0 Å². The molecule has 0 aliphatic rings. The molecule has 2 aromatic rings. The van der Waals surface area contributed by atoms with E-state index in [0.29, 0.717) is 12.0 Å². The molecule has 0 saturated carbocycles. The van der Waals surface area contributed by atoms with Crippen LogP contribution in [0, 0.1) is 0 Å². The fourth-order valence-electron chi connectivity index (χ4n) is 1.90. The van der Waals surface area contributed by atoms with Crippen LogP contribution in [0.4, 0.5) is 0 Å². The quantitative estimate of drug-likeness (QED) is 0.598. The lowest BCUT2D eigenvalue weighted by molar-refractivity contribution is 0.0602. The Morgan fingerprint density at radius 2 is 2.29 bits per heavy atom. The maximum atomic E-state index is 11.7. The standard InChI is InChI=1S/C14H13NO2/c1-3-5-10-6-4-7-11-8-15-9-12(13(10)11)14(16)17-2/h3-4,6-9H,1,5H2,2H3. The van der Waals surface area contributed by atoms with Gasteiger partial charge >= 0.3 is 5.97 Å². The SMILES string of the molecule is C=CCc1cccc2cncc(C(=O)OC)c12. The average molecular weight is 227 g/mol. The molecule has 3 nitrogen and oxygen atoms in total. The number of rotatable bonds is 3. The Hall–Kier alpha value is -2.16. The first-order valence-corrected chi connectivity index (χ1v) is 5.32. The van der Waals surface area contributed by atoms with Crippen molar-refractivity contribution in [2.45, 2.75) is 6.42 Å². The molecule has 1 heterocycles. The number of methoxy groups -OCH3 is 1. The number of carbonyl (C=O) groups is 1. The van der Waals surface area contributed by atoms with Crippen molar-refractivity contribution in [1.82, 2.24) is 4.98 Å². The second kappa shape index (κ2) is 4.78. The number of benzene rings is 1. The van der Waals surface area contributed by atoms with Crippen molar-refractivity contribution >= 4 is 16.7 Å². The smallest absolute Gasteiger partial charge is 0.340 e.